The fourth-order valence-electron chi connectivity index (χ4n) is 2.40. The highest BCUT2D eigenvalue weighted by molar-refractivity contribution is 9.10. The molecule has 0 saturated heterocycles. The van der Waals surface area contributed by atoms with Crippen molar-refractivity contribution in [3.63, 3.8) is 0 Å². The predicted octanol–water partition coefficient (Wildman–Crippen LogP) is 6.35. The molecular formula is C21H19BrN2OS. The number of thiazole rings is 1. The van der Waals surface area contributed by atoms with Crippen LogP contribution in [0.25, 0.3) is 17.3 Å². The fraction of sp³-hybridized carbons (Fsp3) is 0.143. The van der Waals surface area contributed by atoms with Gasteiger partial charge >= 0.3 is 0 Å². The highest BCUT2D eigenvalue weighted by Gasteiger charge is 2.07. The van der Waals surface area contributed by atoms with Crippen LogP contribution < -0.4 is 5.32 Å². The summed E-state index contributed by atoms with van der Waals surface area (Å²) >= 11 is 4.82. The Bertz CT molecular complexity index is 912. The van der Waals surface area contributed by atoms with E-state index in [9.17, 15) is 4.79 Å². The topological polar surface area (TPSA) is 42.0 Å². The number of benzene rings is 2. The molecule has 0 spiro atoms. The van der Waals surface area contributed by atoms with Gasteiger partial charge in [-0.05, 0) is 35.3 Å². The number of nitrogens with one attached hydrogen (secondary N) is 1. The third-order valence-electron chi connectivity index (χ3n) is 3.90. The molecular weight excluding hydrogens is 408 g/mol. The highest BCUT2D eigenvalue weighted by Crippen LogP contribution is 2.26. The molecule has 0 unspecified atom stereocenters. The minimum absolute atomic E-state index is 0.191. The normalized spacial score (nSPS) is 11.2. The van der Waals surface area contributed by atoms with Crippen molar-refractivity contribution >= 4 is 44.4 Å². The van der Waals surface area contributed by atoms with Gasteiger partial charge in [-0.3, -0.25) is 10.1 Å². The number of anilines is 1. The molecule has 2 aromatic carbocycles. The molecule has 3 rings (SSSR count). The van der Waals surface area contributed by atoms with Gasteiger partial charge in [0, 0.05) is 21.5 Å². The molecule has 1 aromatic heterocycles. The van der Waals surface area contributed by atoms with Gasteiger partial charge in [-0.15, -0.1) is 11.3 Å². The van der Waals surface area contributed by atoms with Gasteiger partial charge in [0.2, 0.25) is 5.91 Å². The lowest BCUT2D eigenvalue weighted by atomic mass is 10.0. The summed E-state index contributed by atoms with van der Waals surface area (Å²) in [5, 5.41) is 5.37. The van der Waals surface area contributed by atoms with Gasteiger partial charge in [-0.1, -0.05) is 66.2 Å². The van der Waals surface area contributed by atoms with E-state index in [-0.39, 0.29) is 5.91 Å². The Balaban J connectivity index is 1.64. The van der Waals surface area contributed by atoms with E-state index in [0.717, 1.165) is 21.3 Å². The molecule has 0 radical (unpaired) electrons. The molecule has 0 saturated carbocycles. The molecule has 1 amide bonds. The van der Waals surface area contributed by atoms with Crippen molar-refractivity contribution in [1.29, 1.82) is 0 Å². The largest absolute Gasteiger partial charge is 0.298 e. The number of hydrogen-bond acceptors (Lipinski definition) is 3. The molecule has 3 nitrogen and oxygen atoms in total. The van der Waals surface area contributed by atoms with Crippen molar-refractivity contribution in [1.82, 2.24) is 4.98 Å². The summed E-state index contributed by atoms with van der Waals surface area (Å²) in [5.41, 5.74) is 4.19. The fourth-order valence-corrected chi connectivity index (χ4v) is 3.38. The molecule has 1 N–H and O–H groups in total. The number of nitrogens with zero attached hydrogens (tertiary/aromatic N) is 1. The van der Waals surface area contributed by atoms with Crippen LogP contribution in [0.15, 0.2) is 64.5 Å². The third-order valence-corrected chi connectivity index (χ3v) is 5.19. The Labute approximate surface area is 165 Å². The number of carbonyl (C=O) groups is 1. The minimum atomic E-state index is -0.191. The lowest BCUT2D eigenvalue weighted by Gasteiger charge is -2.05. The number of amides is 1. The zero-order valence-electron chi connectivity index (χ0n) is 14.6. The summed E-state index contributed by atoms with van der Waals surface area (Å²) in [5.74, 6) is 0.316. The van der Waals surface area contributed by atoms with Crippen molar-refractivity contribution in [2.75, 3.05) is 5.32 Å². The van der Waals surface area contributed by atoms with Gasteiger partial charge in [0.15, 0.2) is 5.13 Å². The molecule has 0 bridgehead atoms. The first-order chi connectivity index (χ1) is 12.5. The van der Waals surface area contributed by atoms with Crippen LogP contribution in [0.2, 0.25) is 0 Å². The van der Waals surface area contributed by atoms with Crippen LogP contribution in [-0.4, -0.2) is 10.9 Å². The second-order valence-corrected chi connectivity index (χ2v) is 7.96. The molecule has 0 fully saturated rings. The second kappa shape index (κ2) is 8.43. The molecule has 0 atom stereocenters. The van der Waals surface area contributed by atoms with Crippen LogP contribution in [0, 0.1) is 0 Å². The summed E-state index contributed by atoms with van der Waals surface area (Å²) in [4.78, 5) is 16.6. The molecule has 5 heteroatoms. The highest BCUT2D eigenvalue weighted by atomic mass is 79.9. The first kappa shape index (κ1) is 18.5. The maximum Gasteiger partial charge on any atom is 0.250 e. The smallest absolute Gasteiger partial charge is 0.250 e. The zero-order valence-corrected chi connectivity index (χ0v) is 17.0. The van der Waals surface area contributed by atoms with Gasteiger partial charge in [-0.25, -0.2) is 4.98 Å². The van der Waals surface area contributed by atoms with E-state index in [1.807, 2.05) is 29.6 Å². The van der Waals surface area contributed by atoms with Crippen molar-refractivity contribution in [3.05, 3.63) is 75.6 Å². The van der Waals surface area contributed by atoms with Crippen LogP contribution in [-0.2, 0) is 4.79 Å². The van der Waals surface area contributed by atoms with E-state index in [2.05, 4.69) is 64.3 Å². The zero-order chi connectivity index (χ0) is 18.5. The summed E-state index contributed by atoms with van der Waals surface area (Å²) in [6.07, 6.45) is 3.29. The van der Waals surface area contributed by atoms with E-state index >= 15 is 0 Å². The lowest BCUT2D eigenvalue weighted by molar-refractivity contribution is -0.111. The summed E-state index contributed by atoms with van der Waals surface area (Å²) in [6, 6.07) is 16.2. The van der Waals surface area contributed by atoms with E-state index < -0.39 is 0 Å². The van der Waals surface area contributed by atoms with Crippen molar-refractivity contribution in [3.8, 4) is 11.3 Å². The number of hydrogen-bond donors (Lipinski definition) is 1. The quantitative estimate of drug-likeness (QED) is 0.482. The second-order valence-electron chi connectivity index (χ2n) is 6.19. The van der Waals surface area contributed by atoms with E-state index in [1.165, 1.54) is 23.0 Å². The van der Waals surface area contributed by atoms with Crippen LogP contribution in [0.4, 0.5) is 5.13 Å². The molecule has 0 aliphatic carbocycles. The standard InChI is InChI=1S/C21H19BrN2OS/c1-14(2)16-6-8-17(9-7-16)19-13-26-21(23-19)24-20(25)12-5-15-3-10-18(22)11-4-15/h3-14H,1-2H3,(H,23,24,25)/b12-5+. The van der Waals surface area contributed by atoms with E-state index in [4.69, 9.17) is 0 Å². The van der Waals surface area contributed by atoms with Gasteiger partial charge in [0.25, 0.3) is 0 Å². The van der Waals surface area contributed by atoms with Crippen LogP contribution in [0.5, 0.6) is 0 Å². The molecule has 26 heavy (non-hydrogen) atoms. The maximum atomic E-state index is 12.1. The molecule has 3 aromatic rings. The Hall–Kier alpha value is -2.24. The first-order valence-corrected chi connectivity index (χ1v) is 9.99. The third kappa shape index (κ3) is 4.90. The monoisotopic (exact) mass is 426 g/mol. The van der Waals surface area contributed by atoms with E-state index in [0.29, 0.717) is 11.0 Å². The van der Waals surface area contributed by atoms with E-state index in [1.54, 1.807) is 6.08 Å². The van der Waals surface area contributed by atoms with Crippen LogP contribution in [0.3, 0.4) is 0 Å². The molecule has 132 valence electrons. The Morgan fingerprint density at radius 2 is 1.81 bits per heavy atom. The number of halogens is 1. The van der Waals surface area contributed by atoms with Gasteiger partial charge < -0.3 is 0 Å². The van der Waals surface area contributed by atoms with Crippen molar-refractivity contribution in [2.24, 2.45) is 0 Å². The van der Waals surface area contributed by atoms with Crippen molar-refractivity contribution in [2.45, 2.75) is 19.8 Å². The average Bonchev–Trinajstić information content (AvgIpc) is 3.10. The lowest BCUT2D eigenvalue weighted by Crippen LogP contribution is -2.07. The summed E-state index contributed by atoms with van der Waals surface area (Å²) in [6.45, 7) is 4.35. The predicted molar refractivity (Wildman–Crippen MR) is 113 cm³/mol. The maximum absolute atomic E-state index is 12.1. The Morgan fingerprint density at radius 3 is 2.46 bits per heavy atom. The molecule has 0 aliphatic rings. The average molecular weight is 427 g/mol. The number of aromatic nitrogens is 1. The van der Waals surface area contributed by atoms with Crippen LogP contribution >= 0.6 is 27.3 Å². The van der Waals surface area contributed by atoms with Crippen molar-refractivity contribution < 1.29 is 4.79 Å². The molecule has 0 aliphatic heterocycles. The van der Waals surface area contributed by atoms with Gasteiger partial charge in [0.05, 0.1) is 5.69 Å². The molecule has 1 heterocycles. The summed E-state index contributed by atoms with van der Waals surface area (Å²) in [7, 11) is 0. The van der Waals surface area contributed by atoms with Gasteiger partial charge in [0.1, 0.15) is 0 Å². The Morgan fingerprint density at radius 1 is 1.12 bits per heavy atom. The van der Waals surface area contributed by atoms with Crippen LogP contribution in [0.1, 0.15) is 30.9 Å². The minimum Gasteiger partial charge on any atom is -0.298 e. The SMILES string of the molecule is CC(C)c1ccc(-c2csc(NC(=O)/C=C/c3ccc(Br)cc3)n2)cc1. The first-order valence-electron chi connectivity index (χ1n) is 8.32. The Kier molecular flexibility index (Phi) is 6.01. The summed E-state index contributed by atoms with van der Waals surface area (Å²) < 4.78 is 1.01. The number of carbonyl (C=O) groups excluding carboxylic acids is 1. The van der Waals surface area contributed by atoms with Gasteiger partial charge in [-0.2, -0.15) is 0 Å². The number of rotatable bonds is 5.